The number of alkyl carbamates (subject to hydrolysis) is 1. The molecular formula is C10H8BrClF3NO3. The van der Waals surface area contributed by atoms with Crippen LogP contribution in [0.1, 0.15) is 11.6 Å². The molecule has 4 nitrogen and oxygen atoms in total. The van der Waals surface area contributed by atoms with Gasteiger partial charge in [-0.15, -0.1) is 25.6 Å². The number of nitrogens with one attached hydrogen (secondary N) is 1. The van der Waals surface area contributed by atoms with Gasteiger partial charge in [-0.05, 0) is 23.8 Å². The largest absolute Gasteiger partial charge is 0.573 e. The van der Waals surface area contributed by atoms with Crippen LogP contribution < -0.4 is 10.1 Å². The number of hydrogen-bond acceptors (Lipinski definition) is 3. The lowest BCUT2D eigenvalue weighted by atomic mass is 10.1. The van der Waals surface area contributed by atoms with Crippen molar-refractivity contribution < 1.29 is 27.4 Å². The molecule has 0 spiro atoms. The number of amides is 1. The zero-order chi connectivity index (χ0) is 13.3. The summed E-state index contributed by atoms with van der Waals surface area (Å²) in [5, 5.41) is 2.47. The van der Waals surface area contributed by atoms with Crippen LogP contribution in [0.5, 0.6) is 5.75 Å². The Kier molecular flexibility index (Phi) is 4.92. The summed E-state index contributed by atoms with van der Waals surface area (Å²) >= 11 is 3.08. The number of carbonyl (C=O) groups excluding carboxylic acids is 1. The molecule has 0 bridgehead atoms. The summed E-state index contributed by atoms with van der Waals surface area (Å²) in [6, 6.07) is 3.50. The maximum Gasteiger partial charge on any atom is 0.573 e. The van der Waals surface area contributed by atoms with Gasteiger partial charge in [0.1, 0.15) is 12.4 Å². The summed E-state index contributed by atoms with van der Waals surface area (Å²) in [6.45, 7) is 0.0702. The molecule has 1 aromatic carbocycles. The lowest BCUT2D eigenvalue weighted by Crippen LogP contribution is -2.20. The van der Waals surface area contributed by atoms with Gasteiger partial charge >= 0.3 is 12.5 Å². The van der Waals surface area contributed by atoms with E-state index in [1.54, 1.807) is 6.07 Å². The molecule has 1 fully saturated rings. The Hall–Kier alpha value is -1.15. The van der Waals surface area contributed by atoms with E-state index in [1.807, 2.05) is 0 Å². The third kappa shape index (κ3) is 4.46. The van der Waals surface area contributed by atoms with Crippen molar-refractivity contribution >= 4 is 34.4 Å². The number of cyclic esters (lactones) is 1. The van der Waals surface area contributed by atoms with Gasteiger partial charge in [0, 0.05) is 4.47 Å². The molecule has 0 saturated carbocycles. The lowest BCUT2D eigenvalue weighted by molar-refractivity contribution is -0.274. The topological polar surface area (TPSA) is 47.6 Å². The summed E-state index contributed by atoms with van der Waals surface area (Å²) in [5.41, 5.74) is 0.467. The fourth-order valence-electron chi connectivity index (χ4n) is 1.54. The highest BCUT2D eigenvalue weighted by Crippen LogP contribution is 2.30. The molecule has 1 aromatic rings. The van der Waals surface area contributed by atoms with E-state index in [9.17, 15) is 18.0 Å². The van der Waals surface area contributed by atoms with Crippen molar-refractivity contribution in [3.63, 3.8) is 0 Å². The van der Waals surface area contributed by atoms with Crippen molar-refractivity contribution in [3.8, 4) is 5.75 Å². The van der Waals surface area contributed by atoms with Gasteiger partial charge in [-0.1, -0.05) is 15.9 Å². The number of hydrogen-bond donors (Lipinski definition) is 1. The average Bonchev–Trinajstić information content (AvgIpc) is 2.61. The van der Waals surface area contributed by atoms with Gasteiger partial charge in [0.05, 0.1) is 6.04 Å². The van der Waals surface area contributed by atoms with Crippen LogP contribution in [0.15, 0.2) is 22.7 Å². The number of benzene rings is 1. The third-order valence-corrected chi connectivity index (χ3v) is 2.66. The molecular weight excluding hydrogens is 354 g/mol. The number of rotatable bonds is 2. The van der Waals surface area contributed by atoms with E-state index >= 15 is 0 Å². The molecule has 9 heteroatoms. The molecule has 1 saturated heterocycles. The van der Waals surface area contributed by atoms with Crippen molar-refractivity contribution in [3.05, 3.63) is 28.2 Å². The van der Waals surface area contributed by atoms with Crippen LogP contribution in [-0.2, 0) is 4.74 Å². The molecule has 0 aliphatic carbocycles. The van der Waals surface area contributed by atoms with Crippen LogP contribution in [-0.4, -0.2) is 19.1 Å². The SMILES string of the molecule is Cl.O=C1N[C@@H](c2cc(Br)cc(OC(F)(F)F)c2)CO1. The fourth-order valence-corrected chi connectivity index (χ4v) is 2.03. The van der Waals surface area contributed by atoms with Crippen LogP contribution in [0.4, 0.5) is 18.0 Å². The smallest absolute Gasteiger partial charge is 0.447 e. The van der Waals surface area contributed by atoms with Gasteiger partial charge in [0.15, 0.2) is 0 Å². The van der Waals surface area contributed by atoms with Crippen molar-refractivity contribution in [1.82, 2.24) is 5.32 Å². The van der Waals surface area contributed by atoms with E-state index in [0.717, 1.165) is 0 Å². The molecule has 1 amide bonds. The van der Waals surface area contributed by atoms with E-state index in [2.05, 4.69) is 30.7 Å². The predicted octanol–water partition coefficient (Wildman–Crippen LogP) is 3.55. The van der Waals surface area contributed by atoms with Crippen molar-refractivity contribution in [2.24, 2.45) is 0 Å². The minimum absolute atomic E-state index is 0. The molecule has 1 heterocycles. The highest BCUT2D eigenvalue weighted by Gasteiger charge is 2.32. The Bertz CT molecular complexity index is 484. The third-order valence-electron chi connectivity index (χ3n) is 2.20. The van der Waals surface area contributed by atoms with Crippen LogP contribution in [0.3, 0.4) is 0 Å². The van der Waals surface area contributed by atoms with Crippen LogP contribution in [0, 0.1) is 0 Å². The molecule has 0 aromatic heterocycles. The first kappa shape index (κ1) is 15.9. The number of halogens is 5. The molecule has 1 N–H and O–H groups in total. The second-order valence-corrected chi connectivity index (χ2v) is 4.48. The highest BCUT2D eigenvalue weighted by molar-refractivity contribution is 9.10. The normalized spacial score (nSPS) is 18.3. The number of ether oxygens (including phenoxy) is 2. The van der Waals surface area contributed by atoms with E-state index < -0.39 is 18.5 Å². The zero-order valence-corrected chi connectivity index (χ0v) is 11.6. The predicted molar refractivity (Wildman–Crippen MR) is 65.3 cm³/mol. The van der Waals surface area contributed by atoms with E-state index in [4.69, 9.17) is 0 Å². The Morgan fingerprint density at radius 3 is 2.58 bits per heavy atom. The van der Waals surface area contributed by atoms with Crippen LogP contribution in [0.2, 0.25) is 0 Å². The Balaban J connectivity index is 0.00000180. The van der Waals surface area contributed by atoms with E-state index in [1.165, 1.54) is 12.1 Å². The van der Waals surface area contributed by atoms with Gasteiger partial charge in [0.2, 0.25) is 0 Å². The zero-order valence-electron chi connectivity index (χ0n) is 9.16. The Labute approximate surface area is 120 Å². The van der Waals surface area contributed by atoms with Crippen LogP contribution in [0.25, 0.3) is 0 Å². The van der Waals surface area contributed by atoms with Gasteiger partial charge in [-0.3, -0.25) is 0 Å². The highest BCUT2D eigenvalue weighted by atomic mass is 79.9. The maximum absolute atomic E-state index is 12.1. The first-order valence-electron chi connectivity index (χ1n) is 4.83. The molecule has 2 rings (SSSR count). The molecule has 19 heavy (non-hydrogen) atoms. The van der Waals surface area contributed by atoms with Crippen molar-refractivity contribution in [2.75, 3.05) is 6.61 Å². The second kappa shape index (κ2) is 5.87. The number of carbonyl (C=O) groups is 1. The van der Waals surface area contributed by atoms with Gasteiger partial charge in [0.25, 0.3) is 0 Å². The average molecular weight is 363 g/mol. The minimum atomic E-state index is -4.76. The first-order chi connectivity index (χ1) is 8.33. The molecule has 1 atom stereocenters. The van der Waals surface area contributed by atoms with E-state index in [-0.39, 0.29) is 24.8 Å². The summed E-state index contributed by atoms with van der Waals surface area (Å²) in [7, 11) is 0. The van der Waals surface area contributed by atoms with Gasteiger partial charge in [-0.2, -0.15) is 0 Å². The molecule has 0 radical (unpaired) electrons. The lowest BCUT2D eigenvalue weighted by Gasteiger charge is -2.13. The van der Waals surface area contributed by atoms with E-state index in [0.29, 0.717) is 10.0 Å². The summed E-state index contributed by atoms with van der Waals surface area (Å²) in [6.07, 6.45) is -5.36. The summed E-state index contributed by atoms with van der Waals surface area (Å²) < 4.78 is 45.3. The Morgan fingerprint density at radius 2 is 2.05 bits per heavy atom. The summed E-state index contributed by atoms with van der Waals surface area (Å²) in [5.74, 6) is -0.354. The van der Waals surface area contributed by atoms with Gasteiger partial charge in [-0.25, -0.2) is 4.79 Å². The monoisotopic (exact) mass is 361 g/mol. The molecule has 1 aliphatic heterocycles. The standard InChI is InChI=1S/C10H7BrF3NO3.ClH/c11-6-1-5(8-4-17-9(16)15-8)2-7(3-6)18-10(12,13)14;/h1-3,8H,4H2,(H,15,16);1H/t8-;/m1./s1. The second-order valence-electron chi connectivity index (χ2n) is 3.56. The fraction of sp³-hybridized carbons (Fsp3) is 0.300. The maximum atomic E-state index is 12.1. The molecule has 106 valence electrons. The number of alkyl halides is 3. The molecule has 1 aliphatic rings. The summed E-state index contributed by atoms with van der Waals surface area (Å²) in [4.78, 5) is 10.9. The van der Waals surface area contributed by atoms with Crippen molar-refractivity contribution in [1.29, 1.82) is 0 Å². The minimum Gasteiger partial charge on any atom is -0.447 e. The first-order valence-corrected chi connectivity index (χ1v) is 5.62. The molecule has 0 unspecified atom stereocenters. The van der Waals surface area contributed by atoms with Crippen molar-refractivity contribution in [2.45, 2.75) is 12.4 Å². The quantitative estimate of drug-likeness (QED) is 0.875. The van der Waals surface area contributed by atoms with Gasteiger partial charge < -0.3 is 14.8 Å². The van der Waals surface area contributed by atoms with Crippen LogP contribution >= 0.6 is 28.3 Å². The Morgan fingerprint density at radius 1 is 1.37 bits per heavy atom.